The SMILES string of the molecule is O=Cc1cnnn1OCc1ccccc1. The summed E-state index contributed by atoms with van der Waals surface area (Å²) in [6.45, 7) is 0.352. The summed E-state index contributed by atoms with van der Waals surface area (Å²) in [6, 6.07) is 9.62. The van der Waals surface area contributed by atoms with Crippen LogP contribution in [0.5, 0.6) is 0 Å². The summed E-state index contributed by atoms with van der Waals surface area (Å²) in [5.74, 6) is 0. The zero-order chi connectivity index (χ0) is 10.5. The number of hydrogen-bond donors (Lipinski definition) is 0. The van der Waals surface area contributed by atoms with Crippen LogP contribution in [0, 0.1) is 0 Å². The Morgan fingerprint density at radius 1 is 1.33 bits per heavy atom. The molecule has 1 heterocycles. The van der Waals surface area contributed by atoms with Crippen LogP contribution < -0.4 is 4.84 Å². The molecule has 0 amide bonds. The fourth-order valence-corrected chi connectivity index (χ4v) is 1.12. The van der Waals surface area contributed by atoms with Crippen molar-refractivity contribution in [2.45, 2.75) is 6.61 Å². The maximum Gasteiger partial charge on any atom is 0.173 e. The second kappa shape index (κ2) is 4.36. The molecule has 0 radical (unpaired) electrons. The zero-order valence-corrected chi connectivity index (χ0v) is 7.91. The minimum absolute atomic E-state index is 0.297. The molecule has 0 bridgehead atoms. The van der Waals surface area contributed by atoms with Gasteiger partial charge in [-0.3, -0.25) is 4.79 Å². The number of aromatic nitrogens is 3. The summed E-state index contributed by atoms with van der Waals surface area (Å²) >= 11 is 0. The van der Waals surface area contributed by atoms with Gasteiger partial charge in [0.05, 0.1) is 6.20 Å². The first kappa shape index (κ1) is 9.39. The third-order valence-electron chi connectivity index (χ3n) is 1.86. The second-order valence-corrected chi connectivity index (χ2v) is 2.91. The van der Waals surface area contributed by atoms with Gasteiger partial charge in [-0.15, -0.1) is 5.10 Å². The van der Waals surface area contributed by atoms with E-state index in [1.807, 2.05) is 30.3 Å². The normalized spacial score (nSPS) is 9.87. The van der Waals surface area contributed by atoms with Crippen LogP contribution in [0.3, 0.4) is 0 Å². The van der Waals surface area contributed by atoms with Gasteiger partial charge in [0, 0.05) is 0 Å². The minimum atomic E-state index is 0.297. The highest BCUT2D eigenvalue weighted by Crippen LogP contribution is 1.99. The van der Waals surface area contributed by atoms with Crippen molar-refractivity contribution in [3.05, 3.63) is 47.8 Å². The van der Waals surface area contributed by atoms with Crippen LogP contribution in [0.25, 0.3) is 0 Å². The topological polar surface area (TPSA) is 57.0 Å². The van der Waals surface area contributed by atoms with Crippen LogP contribution in [-0.2, 0) is 6.61 Å². The Balaban J connectivity index is 2.02. The Hall–Kier alpha value is -2.17. The predicted molar refractivity (Wildman–Crippen MR) is 52.1 cm³/mol. The van der Waals surface area contributed by atoms with Gasteiger partial charge >= 0.3 is 0 Å². The summed E-state index contributed by atoms with van der Waals surface area (Å²) in [6.07, 6.45) is 1.99. The lowest BCUT2D eigenvalue weighted by Gasteiger charge is -2.04. The van der Waals surface area contributed by atoms with Gasteiger partial charge < -0.3 is 4.84 Å². The molecular weight excluding hydrogens is 194 g/mol. The molecule has 0 aliphatic carbocycles. The third kappa shape index (κ3) is 2.19. The van der Waals surface area contributed by atoms with E-state index in [4.69, 9.17) is 4.84 Å². The van der Waals surface area contributed by atoms with Gasteiger partial charge in [0.2, 0.25) is 0 Å². The molecule has 5 nitrogen and oxygen atoms in total. The summed E-state index contributed by atoms with van der Waals surface area (Å²) in [5.41, 5.74) is 1.30. The molecule has 0 aliphatic heterocycles. The molecule has 0 saturated heterocycles. The standard InChI is InChI=1S/C10H9N3O2/c14-7-10-6-11-12-13(10)15-8-9-4-2-1-3-5-9/h1-7H,8H2. The molecule has 2 rings (SSSR count). The number of carbonyl (C=O) groups excluding carboxylic acids is 1. The molecule has 0 N–H and O–H groups in total. The monoisotopic (exact) mass is 203 g/mol. The Kier molecular flexibility index (Phi) is 2.73. The van der Waals surface area contributed by atoms with E-state index in [0.29, 0.717) is 18.6 Å². The molecule has 0 atom stereocenters. The number of nitrogens with zero attached hydrogens (tertiary/aromatic N) is 3. The molecule has 1 aromatic heterocycles. The summed E-state index contributed by atoms with van der Waals surface area (Å²) < 4.78 is 0. The van der Waals surface area contributed by atoms with Crippen LogP contribution in [-0.4, -0.2) is 21.4 Å². The number of rotatable bonds is 4. The van der Waals surface area contributed by atoms with Crippen LogP contribution in [0.1, 0.15) is 16.1 Å². The predicted octanol–water partition coefficient (Wildman–Crippen LogP) is 0.719. The van der Waals surface area contributed by atoms with Gasteiger partial charge in [0.15, 0.2) is 12.0 Å². The van der Waals surface area contributed by atoms with Crippen LogP contribution >= 0.6 is 0 Å². The fourth-order valence-electron chi connectivity index (χ4n) is 1.12. The van der Waals surface area contributed by atoms with Crippen molar-refractivity contribution in [3.63, 3.8) is 0 Å². The Morgan fingerprint density at radius 3 is 2.87 bits per heavy atom. The molecule has 5 heteroatoms. The average molecular weight is 203 g/mol. The summed E-state index contributed by atoms with van der Waals surface area (Å²) in [7, 11) is 0. The molecule has 0 saturated carbocycles. The van der Waals surface area contributed by atoms with E-state index in [9.17, 15) is 4.79 Å². The molecular formula is C10H9N3O2. The van der Waals surface area contributed by atoms with E-state index in [0.717, 1.165) is 10.4 Å². The first-order chi connectivity index (χ1) is 7.40. The van der Waals surface area contributed by atoms with Gasteiger partial charge in [0.25, 0.3) is 0 Å². The van der Waals surface area contributed by atoms with Crippen LogP contribution in [0.4, 0.5) is 0 Å². The first-order valence-corrected chi connectivity index (χ1v) is 4.43. The Labute approximate surface area is 86.2 Å². The van der Waals surface area contributed by atoms with Crippen molar-refractivity contribution >= 4 is 6.29 Å². The molecule has 76 valence electrons. The fraction of sp³-hybridized carbons (Fsp3) is 0.100. The van der Waals surface area contributed by atoms with Gasteiger partial charge in [-0.2, -0.15) is 0 Å². The summed E-state index contributed by atoms with van der Waals surface area (Å²) in [4.78, 5) is 16.9. The largest absolute Gasteiger partial charge is 0.390 e. The maximum atomic E-state index is 10.5. The smallest absolute Gasteiger partial charge is 0.173 e. The molecule has 1 aromatic carbocycles. The molecule has 0 spiro atoms. The van der Waals surface area contributed by atoms with E-state index < -0.39 is 0 Å². The number of aldehydes is 1. The lowest BCUT2D eigenvalue weighted by Crippen LogP contribution is -2.15. The minimum Gasteiger partial charge on any atom is -0.390 e. The maximum absolute atomic E-state index is 10.5. The van der Waals surface area contributed by atoms with Crippen molar-refractivity contribution in [3.8, 4) is 0 Å². The van der Waals surface area contributed by atoms with E-state index in [1.54, 1.807) is 0 Å². The van der Waals surface area contributed by atoms with Crippen molar-refractivity contribution in [1.29, 1.82) is 0 Å². The molecule has 0 unspecified atom stereocenters. The highest BCUT2D eigenvalue weighted by molar-refractivity contribution is 5.70. The van der Waals surface area contributed by atoms with E-state index in [1.165, 1.54) is 6.20 Å². The van der Waals surface area contributed by atoms with E-state index in [-0.39, 0.29) is 0 Å². The van der Waals surface area contributed by atoms with E-state index in [2.05, 4.69) is 10.3 Å². The van der Waals surface area contributed by atoms with Crippen molar-refractivity contribution in [1.82, 2.24) is 15.2 Å². The van der Waals surface area contributed by atoms with Crippen LogP contribution in [0.15, 0.2) is 36.5 Å². The summed E-state index contributed by atoms with van der Waals surface area (Å²) in [5, 5.41) is 7.18. The Morgan fingerprint density at radius 2 is 2.13 bits per heavy atom. The number of carbonyl (C=O) groups is 1. The number of benzene rings is 1. The highest BCUT2D eigenvalue weighted by atomic mass is 16.7. The quantitative estimate of drug-likeness (QED) is 0.687. The highest BCUT2D eigenvalue weighted by Gasteiger charge is 2.02. The van der Waals surface area contributed by atoms with Crippen LogP contribution in [0.2, 0.25) is 0 Å². The second-order valence-electron chi connectivity index (χ2n) is 2.91. The lowest BCUT2D eigenvalue weighted by atomic mass is 10.2. The van der Waals surface area contributed by atoms with Crippen molar-refractivity contribution in [2.75, 3.05) is 0 Å². The average Bonchev–Trinajstić information content (AvgIpc) is 2.75. The number of hydrogen-bond acceptors (Lipinski definition) is 4. The molecule has 15 heavy (non-hydrogen) atoms. The van der Waals surface area contributed by atoms with Gasteiger partial charge in [0.1, 0.15) is 6.61 Å². The van der Waals surface area contributed by atoms with Crippen molar-refractivity contribution in [2.24, 2.45) is 0 Å². The van der Waals surface area contributed by atoms with Gasteiger partial charge in [-0.1, -0.05) is 35.2 Å². The lowest BCUT2D eigenvalue weighted by molar-refractivity contribution is 0.0598. The molecule has 0 aliphatic rings. The zero-order valence-electron chi connectivity index (χ0n) is 7.91. The van der Waals surface area contributed by atoms with Gasteiger partial charge in [-0.25, -0.2) is 0 Å². The van der Waals surface area contributed by atoms with Gasteiger partial charge in [-0.05, 0) is 10.8 Å². The Bertz CT molecular complexity index is 439. The molecule has 0 fully saturated rings. The first-order valence-electron chi connectivity index (χ1n) is 4.43. The molecule has 2 aromatic rings. The van der Waals surface area contributed by atoms with E-state index >= 15 is 0 Å². The third-order valence-corrected chi connectivity index (χ3v) is 1.86. The van der Waals surface area contributed by atoms with Crippen molar-refractivity contribution < 1.29 is 9.63 Å².